The van der Waals surface area contributed by atoms with E-state index in [2.05, 4.69) is 5.32 Å². The van der Waals surface area contributed by atoms with Gasteiger partial charge in [0.15, 0.2) is 0 Å². The van der Waals surface area contributed by atoms with E-state index in [0.29, 0.717) is 13.1 Å². The van der Waals surface area contributed by atoms with Crippen molar-refractivity contribution >= 4 is 5.91 Å². The van der Waals surface area contributed by atoms with Crippen LogP contribution in [0.25, 0.3) is 0 Å². The lowest BCUT2D eigenvalue weighted by Gasteiger charge is -2.49. The van der Waals surface area contributed by atoms with Crippen LogP contribution < -0.4 is 5.32 Å². The summed E-state index contributed by atoms with van der Waals surface area (Å²) in [5.74, 6) is 0.157. The normalized spacial score (nSPS) is 25.4. The topological polar surface area (TPSA) is 61.8 Å². The summed E-state index contributed by atoms with van der Waals surface area (Å²) in [7, 11) is 0. The molecular formula is C12H22N2O3. The van der Waals surface area contributed by atoms with Crippen molar-refractivity contribution in [2.45, 2.75) is 32.0 Å². The summed E-state index contributed by atoms with van der Waals surface area (Å²) in [6, 6.07) is 0. The van der Waals surface area contributed by atoms with Crippen LogP contribution in [-0.4, -0.2) is 59.9 Å². The Morgan fingerprint density at radius 1 is 1.47 bits per heavy atom. The van der Waals surface area contributed by atoms with Crippen molar-refractivity contribution in [1.29, 1.82) is 0 Å². The van der Waals surface area contributed by atoms with Crippen LogP contribution in [-0.2, 0) is 9.53 Å². The Labute approximate surface area is 102 Å². The van der Waals surface area contributed by atoms with E-state index in [-0.39, 0.29) is 24.0 Å². The summed E-state index contributed by atoms with van der Waals surface area (Å²) >= 11 is 0. The number of hydrogen-bond donors (Lipinski definition) is 2. The van der Waals surface area contributed by atoms with Crippen LogP contribution in [0.2, 0.25) is 0 Å². The molecule has 2 aliphatic heterocycles. The SMILES string of the molecule is CC(C)C1(O)CN(C(=O)COC2(C)CNC2)C1. The van der Waals surface area contributed by atoms with Crippen LogP contribution in [0, 0.1) is 5.92 Å². The van der Waals surface area contributed by atoms with Gasteiger partial charge in [-0.25, -0.2) is 0 Å². The number of ether oxygens (including phenoxy) is 1. The Hall–Kier alpha value is -0.650. The van der Waals surface area contributed by atoms with Crippen molar-refractivity contribution in [2.24, 2.45) is 5.92 Å². The lowest BCUT2D eigenvalue weighted by molar-refractivity contribution is -0.174. The summed E-state index contributed by atoms with van der Waals surface area (Å²) in [6.07, 6.45) is 0. The molecule has 0 bridgehead atoms. The zero-order chi connectivity index (χ0) is 12.7. The first kappa shape index (κ1) is 12.8. The molecule has 0 aromatic rings. The number of hydrogen-bond acceptors (Lipinski definition) is 4. The molecule has 2 heterocycles. The van der Waals surface area contributed by atoms with Gasteiger partial charge in [0.25, 0.3) is 0 Å². The second kappa shape index (κ2) is 4.23. The molecule has 0 aromatic carbocycles. The van der Waals surface area contributed by atoms with E-state index in [0.717, 1.165) is 13.1 Å². The molecule has 0 saturated carbocycles. The minimum absolute atomic E-state index is 0.0246. The van der Waals surface area contributed by atoms with E-state index in [1.807, 2.05) is 20.8 Å². The largest absolute Gasteiger partial charge is 0.386 e. The Kier molecular flexibility index (Phi) is 3.18. The highest BCUT2D eigenvalue weighted by Gasteiger charge is 2.46. The molecule has 2 rings (SSSR count). The van der Waals surface area contributed by atoms with E-state index >= 15 is 0 Å². The molecule has 98 valence electrons. The molecule has 2 aliphatic rings. The van der Waals surface area contributed by atoms with Crippen LogP contribution in [0.4, 0.5) is 0 Å². The van der Waals surface area contributed by atoms with Crippen LogP contribution in [0.15, 0.2) is 0 Å². The number of β-amino-alcohol motifs (C(OH)–C–C–N with tert-alkyl or cyclic N) is 1. The lowest BCUT2D eigenvalue weighted by atomic mass is 9.83. The quantitative estimate of drug-likeness (QED) is 0.704. The van der Waals surface area contributed by atoms with E-state index in [1.165, 1.54) is 0 Å². The molecule has 0 atom stereocenters. The Balaban J connectivity index is 1.72. The van der Waals surface area contributed by atoms with E-state index in [4.69, 9.17) is 4.74 Å². The fourth-order valence-electron chi connectivity index (χ4n) is 2.06. The molecule has 17 heavy (non-hydrogen) atoms. The van der Waals surface area contributed by atoms with Crippen LogP contribution in [0.1, 0.15) is 20.8 Å². The predicted molar refractivity (Wildman–Crippen MR) is 63.6 cm³/mol. The zero-order valence-electron chi connectivity index (χ0n) is 10.8. The molecule has 1 amide bonds. The monoisotopic (exact) mass is 242 g/mol. The van der Waals surface area contributed by atoms with Gasteiger partial charge in [-0.2, -0.15) is 0 Å². The minimum atomic E-state index is -0.697. The van der Waals surface area contributed by atoms with E-state index in [9.17, 15) is 9.90 Å². The Bertz CT molecular complexity index is 307. The summed E-state index contributed by atoms with van der Waals surface area (Å²) in [6.45, 7) is 8.53. The number of rotatable bonds is 4. The van der Waals surface area contributed by atoms with E-state index < -0.39 is 5.60 Å². The van der Waals surface area contributed by atoms with Gasteiger partial charge < -0.3 is 20.1 Å². The molecule has 0 radical (unpaired) electrons. The van der Waals surface area contributed by atoms with Crippen LogP contribution >= 0.6 is 0 Å². The molecule has 0 spiro atoms. The van der Waals surface area contributed by atoms with Gasteiger partial charge in [0.05, 0.1) is 18.7 Å². The number of carbonyl (C=O) groups excluding carboxylic acids is 1. The maximum atomic E-state index is 11.8. The summed E-state index contributed by atoms with van der Waals surface area (Å²) < 4.78 is 5.58. The number of nitrogens with zero attached hydrogens (tertiary/aromatic N) is 1. The van der Waals surface area contributed by atoms with Gasteiger partial charge in [-0.3, -0.25) is 4.79 Å². The van der Waals surface area contributed by atoms with Crippen molar-refractivity contribution in [3.63, 3.8) is 0 Å². The maximum absolute atomic E-state index is 11.8. The highest BCUT2D eigenvalue weighted by Crippen LogP contribution is 2.28. The second-order valence-corrected chi connectivity index (χ2v) is 5.85. The van der Waals surface area contributed by atoms with Crippen molar-refractivity contribution in [2.75, 3.05) is 32.8 Å². The standard InChI is InChI=1S/C12H22N2O3/c1-9(2)12(16)7-14(8-12)10(15)4-17-11(3)5-13-6-11/h9,13,16H,4-8H2,1-3H3. The second-order valence-electron chi connectivity index (χ2n) is 5.85. The van der Waals surface area contributed by atoms with Gasteiger partial charge >= 0.3 is 0 Å². The molecule has 2 N–H and O–H groups in total. The summed E-state index contributed by atoms with van der Waals surface area (Å²) in [5, 5.41) is 13.2. The number of amides is 1. The Morgan fingerprint density at radius 3 is 2.47 bits per heavy atom. The van der Waals surface area contributed by atoms with Crippen molar-refractivity contribution in [3.8, 4) is 0 Å². The number of likely N-dealkylation sites (tertiary alicyclic amines) is 1. The molecule has 5 heteroatoms. The molecule has 0 aromatic heterocycles. The van der Waals surface area contributed by atoms with Crippen LogP contribution in [0.3, 0.4) is 0 Å². The average molecular weight is 242 g/mol. The van der Waals surface area contributed by atoms with E-state index in [1.54, 1.807) is 4.90 Å². The smallest absolute Gasteiger partial charge is 0.248 e. The fraction of sp³-hybridized carbons (Fsp3) is 0.917. The molecular weight excluding hydrogens is 220 g/mol. The minimum Gasteiger partial charge on any atom is -0.386 e. The lowest BCUT2D eigenvalue weighted by Crippen LogP contribution is -2.67. The zero-order valence-corrected chi connectivity index (χ0v) is 10.8. The third-order valence-corrected chi connectivity index (χ3v) is 3.90. The van der Waals surface area contributed by atoms with Crippen molar-refractivity contribution in [3.05, 3.63) is 0 Å². The first-order valence-corrected chi connectivity index (χ1v) is 6.19. The number of carbonyl (C=O) groups is 1. The number of nitrogens with one attached hydrogen (secondary N) is 1. The van der Waals surface area contributed by atoms with Gasteiger partial charge in [0, 0.05) is 13.1 Å². The molecule has 5 nitrogen and oxygen atoms in total. The molecule has 0 aliphatic carbocycles. The van der Waals surface area contributed by atoms with Gasteiger partial charge in [0.2, 0.25) is 5.91 Å². The highest BCUT2D eigenvalue weighted by atomic mass is 16.5. The van der Waals surface area contributed by atoms with Crippen LogP contribution in [0.5, 0.6) is 0 Å². The van der Waals surface area contributed by atoms with Crippen molar-refractivity contribution < 1.29 is 14.6 Å². The third-order valence-electron chi connectivity index (χ3n) is 3.90. The highest BCUT2D eigenvalue weighted by molar-refractivity contribution is 5.78. The van der Waals surface area contributed by atoms with Gasteiger partial charge in [-0.05, 0) is 12.8 Å². The molecule has 2 saturated heterocycles. The predicted octanol–water partition coefficient (Wildman–Crippen LogP) is -0.406. The Morgan fingerprint density at radius 2 is 2.06 bits per heavy atom. The van der Waals surface area contributed by atoms with Gasteiger partial charge in [-0.1, -0.05) is 13.8 Å². The molecule has 0 unspecified atom stereocenters. The first-order chi connectivity index (χ1) is 7.85. The summed E-state index contributed by atoms with van der Waals surface area (Å²) in [4.78, 5) is 13.5. The van der Waals surface area contributed by atoms with Crippen molar-refractivity contribution in [1.82, 2.24) is 10.2 Å². The first-order valence-electron chi connectivity index (χ1n) is 6.19. The molecule has 2 fully saturated rings. The van der Waals surface area contributed by atoms with Gasteiger partial charge in [-0.15, -0.1) is 0 Å². The maximum Gasteiger partial charge on any atom is 0.248 e. The average Bonchev–Trinajstić information content (AvgIpc) is 2.18. The third kappa shape index (κ3) is 2.46. The summed E-state index contributed by atoms with van der Waals surface area (Å²) in [5.41, 5.74) is -0.882. The van der Waals surface area contributed by atoms with Gasteiger partial charge in [0.1, 0.15) is 12.2 Å². The fourth-order valence-corrected chi connectivity index (χ4v) is 2.06. The number of aliphatic hydroxyl groups is 1.